The highest BCUT2D eigenvalue weighted by Gasteiger charge is 2.50. The summed E-state index contributed by atoms with van der Waals surface area (Å²) in [5, 5.41) is 10.8. The Morgan fingerprint density at radius 2 is 2.17 bits per heavy atom. The topological polar surface area (TPSA) is 72.5 Å². The number of carbonyl (C=O) groups excluding carboxylic acids is 1. The molecular formula is C20H25NO3. The summed E-state index contributed by atoms with van der Waals surface area (Å²) < 4.78 is 5.40. The number of aliphatic hydroxyl groups is 1. The van der Waals surface area contributed by atoms with E-state index in [1.54, 1.807) is 13.2 Å². The van der Waals surface area contributed by atoms with Crippen LogP contribution in [0.3, 0.4) is 0 Å². The molecule has 0 unspecified atom stereocenters. The van der Waals surface area contributed by atoms with Gasteiger partial charge in [-0.05, 0) is 72.1 Å². The molecule has 1 amide bonds. The molecule has 0 spiro atoms. The fourth-order valence-corrected chi connectivity index (χ4v) is 5.45. The number of hydrogen-bond acceptors (Lipinski definition) is 3. The lowest BCUT2D eigenvalue weighted by Crippen LogP contribution is -2.40. The van der Waals surface area contributed by atoms with Gasteiger partial charge in [0.05, 0.1) is 18.8 Å². The van der Waals surface area contributed by atoms with Crippen molar-refractivity contribution in [2.45, 2.75) is 44.6 Å². The predicted molar refractivity (Wildman–Crippen MR) is 91.9 cm³/mol. The van der Waals surface area contributed by atoms with Crippen molar-refractivity contribution in [2.24, 2.45) is 23.0 Å². The zero-order valence-electron chi connectivity index (χ0n) is 14.3. The Kier molecular flexibility index (Phi) is 3.50. The van der Waals surface area contributed by atoms with E-state index >= 15 is 0 Å². The van der Waals surface area contributed by atoms with E-state index in [9.17, 15) is 9.90 Å². The number of nitrogens with two attached hydrogens (primary N) is 1. The minimum Gasteiger partial charge on any atom is -0.496 e. The number of hydrogen-bond donors (Lipinski definition) is 2. The van der Waals surface area contributed by atoms with Crippen LogP contribution in [-0.4, -0.2) is 18.1 Å². The van der Waals surface area contributed by atoms with E-state index in [1.165, 1.54) is 6.42 Å². The van der Waals surface area contributed by atoms with Crippen LogP contribution in [0, 0.1) is 17.3 Å². The highest BCUT2D eigenvalue weighted by Crippen LogP contribution is 2.60. The molecule has 0 aliphatic heterocycles. The number of rotatable bonds is 2. The van der Waals surface area contributed by atoms with Gasteiger partial charge in [-0.2, -0.15) is 0 Å². The Bertz CT molecular complexity index is 726. The fraction of sp³-hybridized carbons (Fsp3) is 0.550. The molecule has 4 nitrogen and oxygen atoms in total. The molecule has 5 atom stereocenters. The van der Waals surface area contributed by atoms with Crippen molar-refractivity contribution in [1.82, 2.24) is 0 Å². The number of aliphatic hydroxyl groups excluding tert-OH is 1. The average molecular weight is 327 g/mol. The maximum atomic E-state index is 11.7. The Labute approximate surface area is 142 Å². The summed E-state index contributed by atoms with van der Waals surface area (Å²) in [4.78, 5) is 11.7. The Morgan fingerprint density at radius 3 is 2.88 bits per heavy atom. The van der Waals surface area contributed by atoms with E-state index < -0.39 is 12.0 Å². The molecule has 4 heteroatoms. The Balaban J connectivity index is 1.80. The van der Waals surface area contributed by atoms with Gasteiger partial charge in [0.1, 0.15) is 5.75 Å². The number of benzene rings is 1. The van der Waals surface area contributed by atoms with Gasteiger partial charge in [0.15, 0.2) is 0 Å². The minimum absolute atomic E-state index is 0.273. The lowest BCUT2D eigenvalue weighted by atomic mass is 9.55. The molecule has 24 heavy (non-hydrogen) atoms. The first-order valence-electron chi connectivity index (χ1n) is 8.82. The van der Waals surface area contributed by atoms with Crippen molar-refractivity contribution >= 4 is 5.91 Å². The highest BCUT2D eigenvalue weighted by molar-refractivity contribution is 5.96. The third-order valence-electron chi connectivity index (χ3n) is 6.69. The standard InChI is InChI=1S/C20H25NO3/c1-20-6-3-4-16(20)13-9-17(22)14-8-15(19(21)23)18(24-2)10-12(14)11(13)5-7-20/h3,6,8,10-11,13,16-17,22H,4-5,7,9H2,1-2H3,(H2,21,23)/t11-,13-,16+,17+,20+/m1/s1. The normalized spacial score (nSPS) is 36.6. The molecule has 128 valence electrons. The average Bonchev–Trinajstić information content (AvgIpc) is 2.96. The van der Waals surface area contributed by atoms with Gasteiger partial charge in [0, 0.05) is 0 Å². The number of primary amides is 1. The number of methoxy groups -OCH3 is 1. The van der Waals surface area contributed by atoms with E-state index in [0.29, 0.717) is 29.1 Å². The number of allylic oxidation sites excluding steroid dienone is 2. The second-order valence-electron chi connectivity index (χ2n) is 7.86. The lowest BCUT2D eigenvalue weighted by Gasteiger charge is -2.50. The van der Waals surface area contributed by atoms with Crippen LogP contribution in [0.2, 0.25) is 0 Å². The zero-order valence-corrected chi connectivity index (χ0v) is 14.3. The summed E-state index contributed by atoms with van der Waals surface area (Å²) in [7, 11) is 1.56. The molecule has 4 rings (SSSR count). The summed E-state index contributed by atoms with van der Waals surface area (Å²) in [6.45, 7) is 2.36. The summed E-state index contributed by atoms with van der Waals surface area (Å²) in [5.74, 6) is 1.51. The summed E-state index contributed by atoms with van der Waals surface area (Å²) in [6, 6.07) is 3.69. The second kappa shape index (κ2) is 5.35. The van der Waals surface area contributed by atoms with Crippen LogP contribution in [0.5, 0.6) is 5.75 Å². The van der Waals surface area contributed by atoms with Gasteiger partial charge in [-0.1, -0.05) is 19.1 Å². The van der Waals surface area contributed by atoms with Crippen LogP contribution in [0.15, 0.2) is 24.3 Å². The number of fused-ring (bicyclic) bond motifs is 5. The molecule has 0 saturated heterocycles. The molecule has 3 aliphatic rings. The zero-order chi connectivity index (χ0) is 17.1. The van der Waals surface area contributed by atoms with Crippen molar-refractivity contribution in [3.05, 3.63) is 41.0 Å². The molecule has 0 radical (unpaired) electrons. The maximum Gasteiger partial charge on any atom is 0.252 e. The molecule has 1 aromatic rings. The van der Waals surface area contributed by atoms with Gasteiger partial charge in [-0.25, -0.2) is 0 Å². The van der Waals surface area contributed by atoms with Crippen molar-refractivity contribution in [3.8, 4) is 5.75 Å². The van der Waals surface area contributed by atoms with Gasteiger partial charge in [0.25, 0.3) is 5.91 Å². The van der Waals surface area contributed by atoms with Crippen LogP contribution in [0.4, 0.5) is 0 Å². The lowest BCUT2D eigenvalue weighted by molar-refractivity contribution is 0.0311. The smallest absolute Gasteiger partial charge is 0.252 e. The predicted octanol–water partition coefficient (Wildman–Crippen LogP) is 3.31. The molecule has 1 fully saturated rings. The number of amides is 1. The second-order valence-corrected chi connectivity index (χ2v) is 7.86. The van der Waals surface area contributed by atoms with Crippen LogP contribution in [-0.2, 0) is 0 Å². The van der Waals surface area contributed by atoms with Crippen molar-refractivity contribution < 1.29 is 14.6 Å². The number of carbonyl (C=O) groups is 1. The third-order valence-corrected chi connectivity index (χ3v) is 6.69. The monoisotopic (exact) mass is 327 g/mol. The van der Waals surface area contributed by atoms with Gasteiger partial charge in [0.2, 0.25) is 0 Å². The summed E-state index contributed by atoms with van der Waals surface area (Å²) >= 11 is 0. The van der Waals surface area contributed by atoms with E-state index in [1.807, 2.05) is 6.07 Å². The first kappa shape index (κ1) is 15.7. The van der Waals surface area contributed by atoms with E-state index in [0.717, 1.165) is 30.4 Å². The summed E-state index contributed by atoms with van der Waals surface area (Å²) in [6.07, 6.45) is 8.32. The first-order chi connectivity index (χ1) is 11.4. The Hall–Kier alpha value is -1.81. The van der Waals surface area contributed by atoms with Crippen LogP contribution in [0.1, 0.15) is 66.1 Å². The third kappa shape index (κ3) is 2.12. The van der Waals surface area contributed by atoms with Gasteiger partial charge >= 0.3 is 0 Å². The molecule has 3 N–H and O–H groups in total. The molecule has 3 aliphatic carbocycles. The minimum atomic E-state index is -0.534. The van der Waals surface area contributed by atoms with Crippen LogP contribution in [0.25, 0.3) is 0 Å². The van der Waals surface area contributed by atoms with Crippen LogP contribution < -0.4 is 10.5 Å². The van der Waals surface area contributed by atoms with Crippen molar-refractivity contribution in [1.29, 1.82) is 0 Å². The quantitative estimate of drug-likeness (QED) is 0.819. The molecule has 0 aromatic heterocycles. The van der Waals surface area contributed by atoms with Crippen molar-refractivity contribution in [3.63, 3.8) is 0 Å². The first-order valence-corrected chi connectivity index (χ1v) is 8.82. The summed E-state index contributed by atoms with van der Waals surface area (Å²) in [5.41, 5.74) is 8.12. The van der Waals surface area contributed by atoms with Gasteiger partial charge < -0.3 is 15.6 Å². The van der Waals surface area contributed by atoms with Gasteiger partial charge in [-0.3, -0.25) is 4.79 Å². The molecule has 0 bridgehead atoms. The SMILES string of the molecule is COc1cc2c(cc1C(N)=O)[C@@H](O)C[C@@H]1[C@@H]2CC[C@]2(C)C=CC[C@@H]12. The molecule has 1 saturated carbocycles. The molecular weight excluding hydrogens is 302 g/mol. The van der Waals surface area contributed by atoms with E-state index in [-0.39, 0.29) is 5.41 Å². The van der Waals surface area contributed by atoms with Gasteiger partial charge in [-0.15, -0.1) is 0 Å². The fourth-order valence-electron chi connectivity index (χ4n) is 5.45. The van der Waals surface area contributed by atoms with E-state index in [2.05, 4.69) is 19.1 Å². The van der Waals surface area contributed by atoms with E-state index in [4.69, 9.17) is 10.5 Å². The maximum absolute atomic E-state index is 11.7. The van der Waals surface area contributed by atoms with Crippen LogP contribution >= 0.6 is 0 Å². The molecule has 0 heterocycles. The largest absolute Gasteiger partial charge is 0.496 e. The number of ether oxygens (including phenoxy) is 1. The highest BCUT2D eigenvalue weighted by atomic mass is 16.5. The Morgan fingerprint density at radius 1 is 1.38 bits per heavy atom. The van der Waals surface area contributed by atoms with Crippen molar-refractivity contribution in [2.75, 3.05) is 7.11 Å². The molecule has 1 aromatic carbocycles.